The van der Waals surface area contributed by atoms with E-state index in [1.807, 2.05) is 0 Å². The fourth-order valence-corrected chi connectivity index (χ4v) is 2.49. The summed E-state index contributed by atoms with van der Waals surface area (Å²) >= 11 is 1.11. The van der Waals surface area contributed by atoms with Crippen molar-refractivity contribution in [2.45, 2.75) is 12.7 Å². The molecule has 0 fully saturated rings. The van der Waals surface area contributed by atoms with E-state index >= 15 is 0 Å². The summed E-state index contributed by atoms with van der Waals surface area (Å²) in [5.74, 6) is -0.914. The van der Waals surface area contributed by atoms with Gasteiger partial charge < -0.3 is 5.32 Å². The van der Waals surface area contributed by atoms with E-state index in [0.717, 1.165) is 23.5 Å². The van der Waals surface area contributed by atoms with Crippen molar-refractivity contribution in [1.29, 1.82) is 0 Å². The molecule has 1 aromatic carbocycles. The first kappa shape index (κ1) is 14.0. The molecule has 0 saturated heterocycles. The average molecular weight is 290 g/mol. The lowest BCUT2D eigenvalue weighted by molar-refractivity contribution is -0.137. The van der Waals surface area contributed by atoms with Crippen molar-refractivity contribution >= 4 is 11.3 Å². The smallest absolute Gasteiger partial charge is 0.314 e. The van der Waals surface area contributed by atoms with Crippen molar-refractivity contribution in [2.24, 2.45) is 0 Å². The van der Waals surface area contributed by atoms with Gasteiger partial charge in [-0.1, -0.05) is 0 Å². The van der Waals surface area contributed by atoms with Crippen LogP contribution < -0.4 is 5.32 Å². The Morgan fingerprint density at radius 2 is 2.05 bits per heavy atom. The minimum Gasteiger partial charge on any atom is -0.314 e. The minimum absolute atomic E-state index is 0.0961. The quantitative estimate of drug-likeness (QED) is 0.872. The Kier molecular flexibility index (Phi) is 3.86. The molecule has 0 atom stereocenters. The number of thiazole rings is 1. The molecule has 0 saturated carbocycles. The van der Waals surface area contributed by atoms with Crippen LogP contribution in [0.15, 0.2) is 23.6 Å². The van der Waals surface area contributed by atoms with E-state index in [4.69, 9.17) is 0 Å². The summed E-state index contributed by atoms with van der Waals surface area (Å²) in [5.41, 5.74) is -0.445. The van der Waals surface area contributed by atoms with Crippen LogP contribution >= 0.6 is 11.3 Å². The second kappa shape index (κ2) is 5.26. The molecule has 1 aromatic heterocycles. The molecule has 2 aromatic rings. The van der Waals surface area contributed by atoms with E-state index in [2.05, 4.69) is 10.3 Å². The molecular formula is C12H10F4N2S. The van der Waals surface area contributed by atoms with Crippen LogP contribution in [-0.4, -0.2) is 12.0 Å². The Morgan fingerprint density at radius 3 is 2.68 bits per heavy atom. The molecule has 0 unspecified atom stereocenters. The van der Waals surface area contributed by atoms with E-state index < -0.39 is 17.6 Å². The number of halogens is 4. The number of rotatable bonds is 3. The molecular weight excluding hydrogens is 280 g/mol. The van der Waals surface area contributed by atoms with E-state index in [9.17, 15) is 17.6 Å². The van der Waals surface area contributed by atoms with Gasteiger partial charge in [-0.3, -0.25) is 0 Å². The van der Waals surface area contributed by atoms with Gasteiger partial charge in [0.25, 0.3) is 0 Å². The summed E-state index contributed by atoms with van der Waals surface area (Å²) in [4.78, 5) is 4.11. The number of hydrogen-bond acceptors (Lipinski definition) is 3. The Bertz CT molecular complexity index is 577. The highest BCUT2D eigenvalue weighted by molar-refractivity contribution is 7.13. The Balaban J connectivity index is 2.48. The average Bonchev–Trinajstić information content (AvgIpc) is 2.77. The number of nitrogens with one attached hydrogen (secondary N) is 1. The third kappa shape index (κ3) is 3.10. The second-order valence-electron chi connectivity index (χ2n) is 3.86. The van der Waals surface area contributed by atoms with Crippen LogP contribution in [-0.2, 0) is 12.7 Å². The van der Waals surface area contributed by atoms with Crippen LogP contribution in [0.4, 0.5) is 17.6 Å². The molecule has 0 amide bonds. The first-order valence-electron chi connectivity index (χ1n) is 5.38. The highest BCUT2D eigenvalue weighted by atomic mass is 32.1. The summed E-state index contributed by atoms with van der Waals surface area (Å²) in [7, 11) is 1.72. The molecule has 0 bridgehead atoms. The van der Waals surface area contributed by atoms with Crippen LogP contribution in [0.3, 0.4) is 0 Å². The van der Waals surface area contributed by atoms with E-state index in [1.54, 1.807) is 12.4 Å². The second-order valence-corrected chi connectivity index (χ2v) is 4.72. The first-order chi connectivity index (χ1) is 8.91. The molecule has 0 spiro atoms. The summed E-state index contributed by atoms with van der Waals surface area (Å²) in [6.45, 7) is 0.471. The highest BCUT2D eigenvalue weighted by Crippen LogP contribution is 2.38. The number of hydrogen-bond donors (Lipinski definition) is 1. The van der Waals surface area contributed by atoms with Gasteiger partial charge in [0.2, 0.25) is 0 Å². The summed E-state index contributed by atoms with van der Waals surface area (Å²) in [6, 6.07) is 2.61. The molecule has 7 heteroatoms. The van der Waals surface area contributed by atoms with E-state index in [1.165, 1.54) is 0 Å². The fraction of sp³-hybridized carbons (Fsp3) is 0.250. The van der Waals surface area contributed by atoms with Gasteiger partial charge in [0.05, 0.1) is 11.3 Å². The molecule has 0 aliphatic heterocycles. The van der Waals surface area contributed by atoms with Crippen molar-refractivity contribution in [3.63, 3.8) is 0 Å². The van der Waals surface area contributed by atoms with Gasteiger partial charge in [-0.2, -0.15) is 13.2 Å². The van der Waals surface area contributed by atoms with Gasteiger partial charge in [0, 0.05) is 17.5 Å². The summed E-state index contributed by atoms with van der Waals surface area (Å²) in [5, 5.41) is 4.77. The Morgan fingerprint density at radius 1 is 1.32 bits per heavy atom. The lowest BCUT2D eigenvalue weighted by Crippen LogP contribution is -2.08. The van der Waals surface area contributed by atoms with Gasteiger partial charge in [-0.15, -0.1) is 11.3 Å². The molecule has 0 radical (unpaired) electrons. The number of alkyl halides is 3. The topological polar surface area (TPSA) is 24.9 Å². The van der Waals surface area contributed by atoms with Crippen molar-refractivity contribution in [1.82, 2.24) is 10.3 Å². The summed E-state index contributed by atoms with van der Waals surface area (Å²) < 4.78 is 51.6. The summed E-state index contributed by atoms with van der Waals surface area (Å²) in [6.07, 6.45) is -4.60. The molecule has 1 heterocycles. The molecule has 0 aliphatic carbocycles. The monoisotopic (exact) mass is 290 g/mol. The minimum atomic E-state index is -4.60. The maximum Gasteiger partial charge on any atom is 0.417 e. The number of nitrogens with zero attached hydrogens (tertiary/aromatic N) is 1. The number of benzene rings is 1. The van der Waals surface area contributed by atoms with Crippen molar-refractivity contribution in [3.05, 3.63) is 40.7 Å². The van der Waals surface area contributed by atoms with Crippen LogP contribution in [0.2, 0.25) is 0 Å². The van der Waals surface area contributed by atoms with Gasteiger partial charge in [0.15, 0.2) is 0 Å². The standard InChI is InChI=1S/C12H10F4N2S/c1-17-5-8-6-19-11(18-8)9-3-2-7(13)4-10(9)12(14,15)16/h2-4,6,17H,5H2,1H3. The highest BCUT2D eigenvalue weighted by Gasteiger charge is 2.34. The van der Waals surface area contributed by atoms with E-state index in [-0.39, 0.29) is 10.6 Å². The third-order valence-corrected chi connectivity index (χ3v) is 3.35. The molecule has 102 valence electrons. The maximum atomic E-state index is 13.0. The zero-order valence-corrected chi connectivity index (χ0v) is 10.7. The van der Waals surface area contributed by atoms with Crippen LogP contribution in [0.25, 0.3) is 10.6 Å². The zero-order chi connectivity index (χ0) is 14.0. The lowest BCUT2D eigenvalue weighted by atomic mass is 10.1. The van der Waals surface area contributed by atoms with Crippen LogP contribution in [0.5, 0.6) is 0 Å². The molecule has 0 aliphatic rings. The molecule has 2 rings (SSSR count). The molecule has 2 nitrogen and oxygen atoms in total. The Labute approximate surface area is 111 Å². The maximum absolute atomic E-state index is 13.0. The van der Waals surface area contributed by atoms with Gasteiger partial charge >= 0.3 is 6.18 Å². The van der Waals surface area contributed by atoms with Crippen molar-refractivity contribution in [3.8, 4) is 10.6 Å². The first-order valence-corrected chi connectivity index (χ1v) is 6.26. The predicted molar refractivity (Wildman–Crippen MR) is 65.3 cm³/mol. The largest absolute Gasteiger partial charge is 0.417 e. The molecule has 19 heavy (non-hydrogen) atoms. The van der Waals surface area contributed by atoms with Crippen LogP contribution in [0, 0.1) is 5.82 Å². The zero-order valence-electron chi connectivity index (χ0n) is 9.88. The number of aromatic nitrogens is 1. The van der Waals surface area contributed by atoms with Crippen LogP contribution in [0.1, 0.15) is 11.3 Å². The normalized spacial score (nSPS) is 11.8. The van der Waals surface area contributed by atoms with E-state index in [0.29, 0.717) is 18.3 Å². The SMILES string of the molecule is CNCc1csc(-c2ccc(F)cc2C(F)(F)F)n1. The van der Waals surface area contributed by atoms with Gasteiger partial charge in [-0.05, 0) is 25.2 Å². The predicted octanol–water partition coefficient (Wildman–Crippen LogP) is 3.69. The lowest BCUT2D eigenvalue weighted by Gasteiger charge is -2.11. The van der Waals surface area contributed by atoms with Gasteiger partial charge in [-0.25, -0.2) is 9.37 Å². The third-order valence-electron chi connectivity index (χ3n) is 2.43. The molecule has 1 N–H and O–H groups in total. The Hall–Kier alpha value is -1.47. The fourth-order valence-electron chi connectivity index (χ4n) is 1.63. The van der Waals surface area contributed by atoms with Crippen molar-refractivity contribution < 1.29 is 17.6 Å². The van der Waals surface area contributed by atoms with Crippen molar-refractivity contribution in [2.75, 3.05) is 7.05 Å². The van der Waals surface area contributed by atoms with Gasteiger partial charge in [0.1, 0.15) is 10.8 Å².